The van der Waals surface area contributed by atoms with Crippen LogP contribution in [0.5, 0.6) is 23.0 Å². The van der Waals surface area contributed by atoms with Gasteiger partial charge in [0.2, 0.25) is 0 Å². The van der Waals surface area contributed by atoms with Crippen molar-refractivity contribution in [3.8, 4) is 50.9 Å². The van der Waals surface area contributed by atoms with E-state index in [1.54, 1.807) is 0 Å². The first-order valence-electron chi connectivity index (χ1n) is 21.7. The van der Waals surface area contributed by atoms with E-state index in [0.717, 1.165) is 50.1 Å². The molecular weight excluding hydrogens is 759 g/mol. The van der Waals surface area contributed by atoms with Gasteiger partial charge in [-0.25, -0.2) is 0 Å². The van der Waals surface area contributed by atoms with E-state index in [1.165, 1.54) is 55.0 Å². The highest BCUT2D eigenvalue weighted by Crippen LogP contribution is 2.54. The molecule has 0 saturated carbocycles. The van der Waals surface area contributed by atoms with Crippen LogP contribution in [0.1, 0.15) is 52.7 Å². The number of nitrogens with zero attached hydrogens (tertiary/aromatic N) is 2. The normalized spacial score (nSPS) is 13.8. The molecule has 0 saturated heterocycles. The molecule has 0 aliphatic carbocycles. The maximum absolute atomic E-state index is 7.08. The Balaban J connectivity index is 1.20. The fourth-order valence-electron chi connectivity index (χ4n) is 10.4. The molecule has 0 amide bonds. The van der Waals surface area contributed by atoms with Crippen LogP contribution in [0.4, 0.5) is 11.4 Å². The van der Waals surface area contributed by atoms with Crippen molar-refractivity contribution in [2.24, 2.45) is 0 Å². The number of ether oxygens (including phenoxy) is 2. The maximum atomic E-state index is 7.08. The molecule has 8 aromatic carbocycles. The SMILES string of the molecule is CC(C)(C)c1ccc2c(c1)c1cc(C(C)(C)C)cc3c1n2-c1c2c(cc4c1oc1ccccc14)-c1cc4c(cc1N(c1ccc(-c5ccccc5)cc1)B23)Oc1ccccc1O4. The minimum atomic E-state index is -0.216. The summed E-state index contributed by atoms with van der Waals surface area (Å²) in [5.41, 5.74) is 17.0. The van der Waals surface area contributed by atoms with Crippen molar-refractivity contribution < 1.29 is 13.9 Å². The summed E-state index contributed by atoms with van der Waals surface area (Å²) in [5.74, 6) is 2.81. The lowest BCUT2D eigenvalue weighted by molar-refractivity contribution is 0.360. The van der Waals surface area contributed by atoms with Crippen LogP contribution in [0.2, 0.25) is 0 Å². The van der Waals surface area contributed by atoms with Gasteiger partial charge in [0.05, 0.1) is 16.7 Å². The van der Waals surface area contributed by atoms with E-state index in [-0.39, 0.29) is 17.7 Å². The molecule has 0 fully saturated rings. The van der Waals surface area contributed by atoms with Crippen molar-refractivity contribution in [2.45, 2.75) is 52.4 Å². The molecule has 0 radical (unpaired) electrons. The monoisotopic (exact) mass is 802 g/mol. The molecule has 0 unspecified atom stereocenters. The lowest BCUT2D eigenvalue weighted by atomic mass is 9.43. The zero-order chi connectivity index (χ0) is 41.8. The number of rotatable bonds is 2. The standard InChI is InChI=1S/C56H43BN2O3/c1-55(2,3)34-22-25-44-38(26-34)41-27-35(56(4,5)6)28-43-52(41)58(44)53-51-40(29-42-37-16-10-11-17-46(37)62-54(42)53)39-30-49-50(61-48-19-13-12-18-47(48)60-49)31-45(39)59(57(43)51)36-23-20-33(21-24-36)32-14-8-7-9-15-32/h7-31H,1-6H3. The van der Waals surface area contributed by atoms with Crippen LogP contribution in [0, 0.1) is 0 Å². The zero-order valence-electron chi connectivity index (χ0n) is 35.6. The third kappa shape index (κ3) is 4.92. The molecule has 13 rings (SSSR count). The van der Waals surface area contributed by atoms with Gasteiger partial charge in [0, 0.05) is 44.5 Å². The predicted molar refractivity (Wildman–Crippen MR) is 257 cm³/mol. The van der Waals surface area contributed by atoms with Crippen LogP contribution in [0.15, 0.2) is 156 Å². The van der Waals surface area contributed by atoms with E-state index in [1.807, 2.05) is 24.3 Å². The summed E-state index contributed by atoms with van der Waals surface area (Å²) in [6.45, 7) is 13.7. The molecule has 5 heterocycles. The minimum absolute atomic E-state index is 0.0247. The molecule has 62 heavy (non-hydrogen) atoms. The predicted octanol–water partition coefficient (Wildman–Crippen LogP) is 14.1. The molecule has 0 N–H and O–H groups in total. The number of hydrogen-bond donors (Lipinski definition) is 0. The number of hydrogen-bond acceptors (Lipinski definition) is 4. The number of para-hydroxylation sites is 3. The third-order valence-corrected chi connectivity index (χ3v) is 13.5. The van der Waals surface area contributed by atoms with Crippen LogP contribution in [-0.4, -0.2) is 11.4 Å². The van der Waals surface area contributed by atoms with E-state index < -0.39 is 0 Å². The number of aromatic nitrogens is 1. The Morgan fingerprint density at radius 3 is 1.90 bits per heavy atom. The van der Waals surface area contributed by atoms with E-state index >= 15 is 0 Å². The largest absolute Gasteiger partial charge is 0.454 e. The van der Waals surface area contributed by atoms with Gasteiger partial charge in [-0.1, -0.05) is 126 Å². The van der Waals surface area contributed by atoms with Crippen LogP contribution in [0.25, 0.3) is 71.7 Å². The van der Waals surface area contributed by atoms with Crippen molar-refractivity contribution in [3.05, 3.63) is 163 Å². The number of furan rings is 1. The van der Waals surface area contributed by atoms with E-state index in [0.29, 0.717) is 23.0 Å². The Labute approximate surface area is 360 Å². The van der Waals surface area contributed by atoms with Gasteiger partial charge in [-0.15, -0.1) is 0 Å². The van der Waals surface area contributed by atoms with Gasteiger partial charge < -0.3 is 23.3 Å². The smallest absolute Gasteiger partial charge is 0.333 e. The highest BCUT2D eigenvalue weighted by molar-refractivity contribution is 6.94. The molecular formula is C56H43BN2O3. The van der Waals surface area contributed by atoms with Crippen molar-refractivity contribution in [2.75, 3.05) is 4.81 Å². The topological polar surface area (TPSA) is 39.8 Å². The van der Waals surface area contributed by atoms with Gasteiger partial charge in [0.1, 0.15) is 5.58 Å². The first-order chi connectivity index (χ1) is 30.0. The lowest BCUT2D eigenvalue weighted by Crippen LogP contribution is -2.60. The van der Waals surface area contributed by atoms with Crippen molar-refractivity contribution >= 4 is 72.9 Å². The van der Waals surface area contributed by atoms with E-state index in [9.17, 15) is 0 Å². The van der Waals surface area contributed by atoms with Gasteiger partial charge in [0.15, 0.2) is 28.6 Å². The summed E-state index contributed by atoms with van der Waals surface area (Å²) in [5, 5.41) is 4.71. The second-order valence-corrected chi connectivity index (χ2v) is 19.3. The van der Waals surface area contributed by atoms with Crippen LogP contribution < -0.4 is 25.2 Å². The molecule has 10 aromatic rings. The molecule has 5 nitrogen and oxygen atoms in total. The summed E-state index contributed by atoms with van der Waals surface area (Å²) < 4.78 is 23.0. The van der Waals surface area contributed by atoms with Crippen molar-refractivity contribution in [1.29, 1.82) is 0 Å². The van der Waals surface area contributed by atoms with Crippen molar-refractivity contribution in [3.63, 3.8) is 0 Å². The summed E-state index contributed by atoms with van der Waals surface area (Å²) >= 11 is 0. The Hall–Kier alpha value is -7.18. The second kappa shape index (κ2) is 12.2. The third-order valence-electron chi connectivity index (χ3n) is 13.5. The van der Waals surface area contributed by atoms with E-state index in [2.05, 4.69) is 178 Å². The summed E-state index contributed by atoms with van der Waals surface area (Å²) in [6.07, 6.45) is 0. The number of anilines is 2. The molecule has 3 aliphatic heterocycles. The Morgan fingerprint density at radius 1 is 0.500 bits per heavy atom. The Bertz CT molecular complexity index is 3550. The summed E-state index contributed by atoms with van der Waals surface area (Å²) in [6, 6.07) is 54.9. The molecule has 0 spiro atoms. The molecule has 0 atom stereocenters. The van der Waals surface area contributed by atoms with Crippen LogP contribution in [-0.2, 0) is 10.8 Å². The fraction of sp³-hybridized carbons (Fsp3) is 0.143. The Kier molecular flexibility index (Phi) is 7.02. The quantitative estimate of drug-likeness (QED) is 0.163. The summed E-state index contributed by atoms with van der Waals surface area (Å²) in [7, 11) is 0. The van der Waals surface area contributed by atoms with Crippen molar-refractivity contribution in [1.82, 2.24) is 4.57 Å². The minimum Gasteiger partial charge on any atom is -0.454 e. The first-order valence-corrected chi connectivity index (χ1v) is 21.7. The second-order valence-electron chi connectivity index (χ2n) is 19.3. The molecule has 298 valence electrons. The highest BCUT2D eigenvalue weighted by Gasteiger charge is 2.46. The lowest BCUT2D eigenvalue weighted by Gasteiger charge is -2.43. The van der Waals surface area contributed by atoms with Crippen LogP contribution >= 0.6 is 0 Å². The number of benzene rings is 8. The fourth-order valence-corrected chi connectivity index (χ4v) is 10.4. The first kappa shape index (κ1) is 35.6. The molecule has 6 heteroatoms. The van der Waals surface area contributed by atoms with Gasteiger partial charge in [-0.2, -0.15) is 0 Å². The zero-order valence-corrected chi connectivity index (χ0v) is 35.6. The average Bonchev–Trinajstić information content (AvgIpc) is 3.82. The Morgan fingerprint density at radius 2 is 1.16 bits per heavy atom. The summed E-state index contributed by atoms with van der Waals surface area (Å²) in [4.78, 5) is 2.55. The van der Waals surface area contributed by atoms with Crippen LogP contribution in [0.3, 0.4) is 0 Å². The van der Waals surface area contributed by atoms with Gasteiger partial charge >= 0.3 is 6.85 Å². The highest BCUT2D eigenvalue weighted by atomic mass is 16.6. The molecule has 3 aliphatic rings. The van der Waals surface area contributed by atoms with E-state index in [4.69, 9.17) is 13.9 Å². The van der Waals surface area contributed by atoms with Gasteiger partial charge in [0.25, 0.3) is 0 Å². The average molecular weight is 803 g/mol. The number of fused-ring (bicyclic) bond motifs is 13. The van der Waals surface area contributed by atoms with Gasteiger partial charge in [-0.05, 0) is 110 Å². The maximum Gasteiger partial charge on any atom is 0.333 e. The molecule has 0 bridgehead atoms. The molecule has 2 aromatic heterocycles. The van der Waals surface area contributed by atoms with Gasteiger partial charge in [-0.3, -0.25) is 0 Å².